The molecular weight excluding hydrogens is 656 g/mol. The highest BCUT2D eigenvalue weighted by Crippen LogP contribution is 2.24. The van der Waals surface area contributed by atoms with Crippen molar-refractivity contribution in [1.82, 2.24) is 0 Å². The molecule has 14 heteroatoms. The topological polar surface area (TPSA) is 179 Å². The molecule has 4 aliphatic heterocycles. The minimum absolute atomic E-state index is 0.00640. The summed E-state index contributed by atoms with van der Waals surface area (Å²) in [5.74, 6) is -2.81. The van der Waals surface area contributed by atoms with E-state index in [0.717, 1.165) is 25.7 Å². The number of rotatable bonds is 11. The Balaban J connectivity index is 0.000000328. The molecule has 6 atom stereocenters. The minimum atomic E-state index is -0.935. The first-order chi connectivity index (χ1) is 23.8. The number of ether oxygens (including phenoxy) is 8. The molecule has 4 rings (SSSR count). The SMILES string of the molecule is C=C(C)C(=O)O.C=C(C)C(=O)OC1CCCC(COC(=O)C2CCCC(OC(=O)C(=C)C)O2)O1.O=C(OCC1CCC=CO1)C1CCC=CO1. The van der Waals surface area contributed by atoms with Crippen LogP contribution in [0.25, 0.3) is 0 Å². The quantitative estimate of drug-likeness (QED) is 0.170. The van der Waals surface area contributed by atoms with Gasteiger partial charge in [0.15, 0.2) is 12.2 Å². The summed E-state index contributed by atoms with van der Waals surface area (Å²) in [6, 6.07) is 0. The van der Waals surface area contributed by atoms with E-state index >= 15 is 0 Å². The fourth-order valence-electron chi connectivity index (χ4n) is 4.51. The number of carboxylic acid groups (broad SMARTS) is 1. The van der Waals surface area contributed by atoms with E-state index in [0.29, 0.717) is 50.7 Å². The van der Waals surface area contributed by atoms with Crippen LogP contribution in [0, 0.1) is 0 Å². The maximum atomic E-state index is 12.3. The van der Waals surface area contributed by atoms with Crippen molar-refractivity contribution in [2.24, 2.45) is 0 Å². The second-order valence-corrected chi connectivity index (χ2v) is 12.1. The Bertz CT molecular complexity index is 1260. The molecule has 0 spiro atoms. The second kappa shape index (κ2) is 22.3. The van der Waals surface area contributed by atoms with Crippen LogP contribution < -0.4 is 0 Å². The summed E-state index contributed by atoms with van der Waals surface area (Å²) in [7, 11) is 0. The van der Waals surface area contributed by atoms with Crippen LogP contribution in [-0.2, 0) is 61.9 Å². The summed E-state index contributed by atoms with van der Waals surface area (Å²) in [5, 5.41) is 7.89. The van der Waals surface area contributed by atoms with E-state index < -0.39 is 48.7 Å². The van der Waals surface area contributed by atoms with Gasteiger partial charge in [-0.2, -0.15) is 0 Å². The lowest BCUT2D eigenvalue weighted by Gasteiger charge is -2.31. The zero-order valence-electron chi connectivity index (χ0n) is 29.1. The van der Waals surface area contributed by atoms with Gasteiger partial charge in [0.1, 0.15) is 19.3 Å². The molecule has 2 saturated heterocycles. The van der Waals surface area contributed by atoms with Crippen molar-refractivity contribution in [3.05, 3.63) is 61.1 Å². The second-order valence-electron chi connectivity index (χ2n) is 12.1. The predicted molar refractivity (Wildman–Crippen MR) is 178 cm³/mol. The number of hydrogen-bond acceptors (Lipinski definition) is 13. The van der Waals surface area contributed by atoms with E-state index in [1.807, 2.05) is 12.2 Å². The molecule has 0 aliphatic carbocycles. The van der Waals surface area contributed by atoms with Crippen LogP contribution in [0.15, 0.2) is 61.1 Å². The smallest absolute Gasteiger partial charge is 0.347 e. The zero-order valence-corrected chi connectivity index (χ0v) is 29.1. The van der Waals surface area contributed by atoms with Gasteiger partial charge < -0.3 is 43.0 Å². The van der Waals surface area contributed by atoms with Crippen molar-refractivity contribution < 1.29 is 67.0 Å². The number of esters is 4. The Hall–Kier alpha value is -4.43. The molecule has 278 valence electrons. The summed E-state index contributed by atoms with van der Waals surface area (Å²) in [4.78, 5) is 56.7. The van der Waals surface area contributed by atoms with Crippen LogP contribution in [0.1, 0.15) is 85.0 Å². The average molecular weight is 707 g/mol. The molecule has 50 heavy (non-hydrogen) atoms. The standard InChI is InChI=1S/C20H28O8.C12H16O4.C4H6O2/c1-12(2)18(21)27-16-9-5-7-14(25-16)11-24-20(23)15-8-6-10-17(26-15)28-19(22)13(3)4;13-12(11-6-2-4-8-15-11)16-9-10-5-1-3-7-14-10;1-3(2)4(5)6/h14-17H,1,3,5-11H2,2,4H3;3-4,7-8,10-11H,1-2,5-6,9H2;1H2,2H3,(H,5,6). The highest BCUT2D eigenvalue weighted by Gasteiger charge is 2.33. The maximum absolute atomic E-state index is 12.3. The first kappa shape index (κ1) is 41.7. The van der Waals surface area contributed by atoms with Crippen LogP contribution >= 0.6 is 0 Å². The van der Waals surface area contributed by atoms with E-state index in [1.165, 1.54) is 6.92 Å². The highest BCUT2D eigenvalue weighted by molar-refractivity contribution is 5.87. The Labute approximate surface area is 293 Å². The Morgan fingerprint density at radius 3 is 1.64 bits per heavy atom. The molecule has 0 aromatic carbocycles. The van der Waals surface area contributed by atoms with Crippen molar-refractivity contribution in [3.63, 3.8) is 0 Å². The average Bonchev–Trinajstić information content (AvgIpc) is 3.11. The third kappa shape index (κ3) is 16.3. The van der Waals surface area contributed by atoms with E-state index in [4.69, 9.17) is 43.0 Å². The lowest BCUT2D eigenvalue weighted by molar-refractivity contribution is -0.218. The van der Waals surface area contributed by atoms with Gasteiger partial charge in [-0.3, -0.25) is 0 Å². The highest BCUT2D eigenvalue weighted by atomic mass is 16.7. The molecule has 2 fully saturated rings. The number of carboxylic acids is 1. The molecular formula is C36H50O14. The fourth-order valence-corrected chi connectivity index (χ4v) is 4.51. The van der Waals surface area contributed by atoms with Crippen molar-refractivity contribution in [3.8, 4) is 0 Å². The van der Waals surface area contributed by atoms with Gasteiger partial charge in [0.25, 0.3) is 0 Å². The van der Waals surface area contributed by atoms with E-state index in [2.05, 4.69) is 19.7 Å². The predicted octanol–water partition coefficient (Wildman–Crippen LogP) is 5.12. The molecule has 0 aromatic heterocycles. The fraction of sp³-hybridized carbons (Fsp3) is 0.583. The molecule has 6 unspecified atom stereocenters. The molecule has 0 saturated carbocycles. The molecule has 4 heterocycles. The first-order valence-electron chi connectivity index (χ1n) is 16.6. The summed E-state index contributed by atoms with van der Waals surface area (Å²) in [6.45, 7) is 15.1. The third-order valence-corrected chi connectivity index (χ3v) is 7.38. The number of carbonyl (C=O) groups is 5. The number of hydrogen-bond donors (Lipinski definition) is 1. The first-order valence-corrected chi connectivity index (χ1v) is 16.6. The van der Waals surface area contributed by atoms with Crippen LogP contribution in [0.3, 0.4) is 0 Å². The van der Waals surface area contributed by atoms with Crippen LogP contribution in [0.4, 0.5) is 0 Å². The molecule has 1 N–H and O–H groups in total. The van der Waals surface area contributed by atoms with E-state index in [1.54, 1.807) is 26.4 Å². The minimum Gasteiger partial charge on any atom is -0.495 e. The van der Waals surface area contributed by atoms with E-state index in [-0.39, 0.29) is 35.9 Å². The third-order valence-electron chi connectivity index (χ3n) is 7.38. The van der Waals surface area contributed by atoms with Gasteiger partial charge in [0, 0.05) is 29.6 Å². The van der Waals surface area contributed by atoms with Crippen molar-refractivity contribution >= 4 is 29.8 Å². The Morgan fingerprint density at radius 2 is 1.14 bits per heavy atom. The Kier molecular flexibility index (Phi) is 18.6. The lowest BCUT2D eigenvalue weighted by Crippen LogP contribution is -2.39. The molecule has 14 nitrogen and oxygen atoms in total. The van der Waals surface area contributed by atoms with E-state index in [9.17, 15) is 24.0 Å². The van der Waals surface area contributed by atoms with Gasteiger partial charge in [-0.1, -0.05) is 19.7 Å². The molecule has 0 aromatic rings. The van der Waals surface area contributed by atoms with Gasteiger partial charge in [-0.25, -0.2) is 24.0 Å². The van der Waals surface area contributed by atoms with Gasteiger partial charge in [-0.05, 0) is 84.3 Å². The van der Waals surface area contributed by atoms with Crippen LogP contribution in [0.5, 0.6) is 0 Å². The largest absolute Gasteiger partial charge is 0.495 e. The van der Waals surface area contributed by atoms with Crippen molar-refractivity contribution in [2.45, 2.75) is 122 Å². The van der Waals surface area contributed by atoms with Crippen molar-refractivity contribution in [2.75, 3.05) is 13.2 Å². The summed E-state index contributed by atoms with van der Waals surface area (Å²) in [6.07, 6.45) is 11.2. The van der Waals surface area contributed by atoms with Crippen molar-refractivity contribution in [1.29, 1.82) is 0 Å². The summed E-state index contributed by atoms with van der Waals surface area (Å²) in [5.41, 5.74) is 0.744. The maximum Gasteiger partial charge on any atom is 0.347 e. The van der Waals surface area contributed by atoms with Gasteiger partial charge >= 0.3 is 29.8 Å². The molecule has 0 amide bonds. The van der Waals surface area contributed by atoms with Gasteiger partial charge in [-0.15, -0.1) is 0 Å². The number of allylic oxidation sites excluding steroid dienone is 2. The number of carbonyl (C=O) groups excluding carboxylic acids is 4. The summed E-state index contributed by atoms with van der Waals surface area (Å²) >= 11 is 0. The monoisotopic (exact) mass is 706 g/mol. The van der Waals surface area contributed by atoms with Gasteiger partial charge in [0.05, 0.1) is 18.6 Å². The normalized spacial score (nSPS) is 25.2. The van der Waals surface area contributed by atoms with Crippen LogP contribution in [-0.4, -0.2) is 85.2 Å². The van der Waals surface area contributed by atoms with Crippen LogP contribution in [0.2, 0.25) is 0 Å². The van der Waals surface area contributed by atoms with Gasteiger partial charge in [0.2, 0.25) is 12.6 Å². The zero-order chi connectivity index (χ0) is 37.1. The molecule has 0 bridgehead atoms. The molecule has 4 aliphatic rings. The Morgan fingerprint density at radius 1 is 0.640 bits per heavy atom. The lowest BCUT2D eigenvalue weighted by atomic mass is 10.1. The number of aliphatic carboxylic acids is 1. The summed E-state index contributed by atoms with van der Waals surface area (Å²) < 4.78 is 42.5. The molecule has 0 radical (unpaired) electrons.